The molecular formula is C19H22FN3O5S3. The fourth-order valence-electron chi connectivity index (χ4n) is 3.91. The SMILES string of the molecule is O=C([C@H]1CCCN1S(=O)(=O)c1ccc(F)cc1)N1CCN(S(=O)(=O)c2cccs2)CC1. The average Bonchev–Trinajstić information content (AvgIpc) is 3.46. The van der Waals surface area contributed by atoms with Gasteiger partial charge in [0.25, 0.3) is 10.0 Å². The van der Waals surface area contributed by atoms with Gasteiger partial charge >= 0.3 is 0 Å². The minimum absolute atomic E-state index is 0.0551. The molecule has 0 saturated carbocycles. The average molecular weight is 488 g/mol. The third-order valence-corrected chi connectivity index (χ3v) is 10.7. The maximum atomic E-state index is 13.2. The number of piperazine rings is 1. The molecule has 8 nitrogen and oxygen atoms in total. The molecule has 2 fully saturated rings. The van der Waals surface area contributed by atoms with Crippen molar-refractivity contribution in [1.82, 2.24) is 13.5 Å². The molecule has 1 aromatic carbocycles. The van der Waals surface area contributed by atoms with E-state index in [1.54, 1.807) is 17.5 Å². The Kier molecular flexibility index (Phi) is 6.19. The first-order valence-electron chi connectivity index (χ1n) is 9.81. The van der Waals surface area contributed by atoms with E-state index >= 15 is 0 Å². The Bertz CT molecular complexity index is 1140. The van der Waals surface area contributed by atoms with E-state index in [0.29, 0.717) is 12.8 Å². The van der Waals surface area contributed by atoms with Gasteiger partial charge in [0.15, 0.2) is 0 Å². The van der Waals surface area contributed by atoms with Crippen LogP contribution in [0.5, 0.6) is 0 Å². The number of carbonyl (C=O) groups is 1. The molecule has 168 valence electrons. The fraction of sp³-hybridized carbons (Fsp3) is 0.421. The van der Waals surface area contributed by atoms with Gasteiger partial charge in [-0.1, -0.05) is 6.07 Å². The predicted molar refractivity (Wildman–Crippen MR) is 113 cm³/mol. The standard InChI is InChI=1S/C19H22FN3O5S3/c20-15-5-7-16(8-6-15)30(25,26)23-9-1-3-17(23)19(24)21-10-12-22(13-11-21)31(27,28)18-4-2-14-29-18/h2,4-8,14,17H,1,3,9-13H2/t17-/m1/s1. The van der Waals surface area contributed by atoms with Gasteiger partial charge in [-0.3, -0.25) is 4.79 Å². The lowest BCUT2D eigenvalue weighted by atomic mass is 10.2. The molecule has 4 rings (SSSR count). The Labute approximate surface area is 185 Å². The van der Waals surface area contributed by atoms with Crippen LogP contribution in [0.1, 0.15) is 12.8 Å². The minimum Gasteiger partial charge on any atom is -0.339 e. The van der Waals surface area contributed by atoms with Crippen molar-refractivity contribution in [2.45, 2.75) is 28.0 Å². The van der Waals surface area contributed by atoms with E-state index in [2.05, 4.69) is 0 Å². The first-order chi connectivity index (χ1) is 14.7. The van der Waals surface area contributed by atoms with Gasteiger partial charge in [-0.15, -0.1) is 11.3 Å². The fourth-order valence-corrected chi connectivity index (χ4v) is 8.13. The highest BCUT2D eigenvalue weighted by molar-refractivity contribution is 7.91. The quantitative estimate of drug-likeness (QED) is 0.638. The number of hydrogen-bond acceptors (Lipinski definition) is 6. The summed E-state index contributed by atoms with van der Waals surface area (Å²) in [4.78, 5) is 14.6. The minimum atomic E-state index is -3.94. The van der Waals surface area contributed by atoms with E-state index in [1.807, 2.05) is 0 Å². The summed E-state index contributed by atoms with van der Waals surface area (Å²) in [5.74, 6) is -0.861. The highest BCUT2D eigenvalue weighted by Gasteiger charge is 2.42. The molecule has 0 N–H and O–H groups in total. The molecule has 0 radical (unpaired) electrons. The van der Waals surface area contributed by atoms with Crippen molar-refractivity contribution in [3.63, 3.8) is 0 Å². The van der Waals surface area contributed by atoms with E-state index in [0.717, 1.165) is 23.5 Å². The van der Waals surface area contributed by atoms with Gasteiger partial charge in [-0.25, -0.2) is 21.2 Å². The van der Waals surface area contributed by atoms with Gasteiger partial charge < -0.3 is 4.90 Å². The summed E-state index contributed by atoms with van der Waals surface area (Å²) in [7, 11) is -7.52. The van der Waals surface area contributed by atoms with Crippen LogP contribution in [-0.2, 0) is 24.8 Å². The molecule has 12 heteroatoms. The molecule has 2 aromatic rings. The topological polar surface area (TPSA) is 95.1 Å². The van der Waals surface area contributed by atoms with Crippen LogP contribution in [0.15, 0.2) is 50.9 Å². The third kappa shape index (κ3) is 4.27. The number of rotatable bonds is 5. The summed E-state index contributed by atoms with van der Waals surface area (Å²) in [5.41, 5.74) is 0. The van der Waals surface area contributed by atoms with E-state index in [4.69, 9.17) is 0 Å². The summed E-state index contributed by atoms with van der Waals surface area (Å²) in [6, 6.07) is 6.93. The normalized spacial score (nSPS) is 21.5. The number of halogens is 1. The van der Waals surface area contributed by atoms with Gasteiger partial charge in [-0.05, 0) is 48.6 Å². The highest BCUT2D eigenvalue weighted by Crippen LogP contribution is 2.28. The number of thiophene rings is 1. The van der Waals surface area contributed by atoms with Crippen LogP contribution in [0.25, 0.3) is 0 Å². The molecule has 31 heavy (non-hydrogen) atoms. The Morgan fingerprint density at radius 3 is 2.23 bits per heavy atom. The lowest BCUT2D eigenvalue weighted by Gasteiger charge is -2.36. The van der Waals surface area contributed by atoms with Crippen molar-refractivity contribution in [3.8, 4) is 0 Å². The van der Waals surface area contributed by atoms with Crippen molar-refractivity contribution < 1.29 is 26.0 Å². The highest BCUT2D eigenvalue weighted by atomic mass is 32.2. The predicted octanol–water partition coefficient (Wildman–Crippen LogP) is 1.57. The molecule has 0 aliphatic carbocycles. The van der Waals surface area contributed by atoms with Crippen molar-refractivity contribution in [2.75, 3.05) is 32.7 Å². The Morgan fingerprint density at radius 1 is 0.935 bits per heavy atom. The molecule has 2 aliphatic rings. The number of benzene rings is 1. The third-order valence-electron chi connectivity index (χ3n) is 5.55. The molecule has 2 saturated heterocycles. The maximum Gasteiger partial charge on any atom is 0.252 e. The zero-order valence-electron chi connectivity index (χ0n) is 16.6. The maximum absolute atomic E-state index is 13.2. The van der Waals surface area contributed by atoms with Gasteiger partial charge in [0, 0.05) is 32.7 Å². The van der Waals surface area contributed by atoms with Crippen LogP contribution in [0.3, 0.4) is 0 Å². The summed E-state index contributed by atoms with van der Waals surface area (Å²) in [6.07, 6.45) is 0.941. The molecule has 0 spiro atoms. The summed E-state index contributed by atoms with van der Waals surface area (Å²) >= 11 is 1.15. The van der Waals surface area contributed by atoms with E-state index in [-0.39, 0.29) is 47.7 Å². The number of hydrogen-bond donors (Lipinski definition) is 0. The first-order valence-corrected chi connectivity index (χ1v) is 13.6. The Balaban J connectivity index is 1.45. The van der Waals surface area contributed by atoms with Crippen molar-refractivity contribution >= 4 is 37.3 Å². The van der Waals surface area contributed by atoms with Crippen molar-refractivity contribution in [2.24, 2.45) is 0 Å². The van der Waals surface area contributed by atoms with Gasteiger partial charge in [-0.2, -0.15) is 8.61 Å². The molecule has 1 atom stereocenters. The van der Waals surface area contributed by atoms with Crippen LogP contribution in [-0.4, -0.2) is 75.0 Å². The number of nitrogens with zero attached hydrogens (tertiary/aromatic N) is 3. The Hall–Kier alpha value is -1.86. The monoisotopic (exact) mass is 487 g/mol. The van der Waals surface area contributed by atoms with Crippen LogP contribution in [0.2, 0.25) is 0 Å². The summed E-state index contributed by atoms with van der Waals surface area (Å²) in [5, 5.41) is 1.70. The second-order valence-corrected chi connectivity index (χ2v) is 12.4. The smallest absolute Gasteiger partial charge is 0.252 e. The zero-order valence-corrected chi connectivity index (χ0v) is 19.0. The first kappa shape index (κ1) is 22.3. The summed E-state index contributed by atoms with van der Waals surface area (Å²) in [6.45, 7) is 0.921. The number of carbonyl (C=O) groups excluding carboxylic acids is 1. The zero-order chi connectivity index (χ0) is 22.2. The number of amides is 1. The van der Waals surface area contributed by atoms with Crippen LogP contribution >= 0.6 is 11.3 Å². The lowest BCUT2D eigenvalue weighted by molar-refractivity contribution is -0.135. The molecule has 3 heterocycles. The van der Waals surface area contributed by atoms with Crippen LogP contribution in [0.4, 0.5) is 4.39 Å². The van der Waals surface area contributed by atoms with Crippen LogP contribution in [0, 0.1) is 5.82 Å². The van der Waals surface area contributed by atoms with Crippen molar-refractivity contribution in [1.29, 1.82) is 0 Å². The molecule has 0 unspecified atom stereocenters. The van der Waals surface area contributed by atoms with Crippen molar-refractivity contribution in [3.05, 3.63) is 47.6 Å². The van der Waals surface area contributed by atoms with Gasteiger partial charge in [0.1, 0.15) is 16.1 Å². The summed E-state index contributed by atoms with van der Waals surface area (Å²) < 4.78 is 67.3. The van der Waals surface area contributed by atoms with Gasteiger partial charge in [0.05, 0.1) is 4.90 Å². The number of sulfonamides is 2. The lowest BCUT2D eigenvalue weighted by Crippen LogP contribution is -2.55. The molecule has 1 aromatic heterocycles. The van der Waals surface area contributed by atoms with Crippen LogP contribution < -0.4 is 0 Å². The molecular weight excluding hydrogens is 465 g/mol. The molecule has 2 aliphatic heterocycles. The van der Waals surface area contributed by atoms with E-state index < -0.39 is 31.9 Å². The van der Waals surface area contributed by atoms with Gasteiger partial charge in [0.2, 0.25) is 15.9 Å². The van der Waals surface area contributed by atoms with E-state index in [9.17, 15) is 26.0 Å². The second kappa shape index (κ2) is 8.58. The molecule has 1 amide bonds. The second-order valence-electron chi connectivity index (χ2n) is 7.39. The largest absolute Gasteiger partial charge is 0.339 e. The van der Waals surface area contributed by atoms with E-state index in [1.165, 1.54) is 25.6 Å². The molecule has 0 bridgehead atoms. The Morgan fingerprint density at radius 2 is 1.61 bits per heavy atom.